The first-order valence-corrected chi connectivity index (χ1v) is 7.58. The lowest BCUT2D eigenvalue weighted by Crippen LogP contribution is -2.44. The lowest BCUT2D eigenvalue weighted by atomic mass is 9.78. The van der Waals surface area contributed by atoms with Crippen LogP contribution in [-0.4, -0.2) is 35.5 Å². The number of alkyl carbamates (subject to hydrolysis) is 1. The van der Waals surface area contributed by atoms with Crippen molar-refractivity contribution in [1.82, 2.24) is 5.32 Å². The normalized spacial score (nSPS) is 14.9. The number of carboxylic acids is 1. The lowest BCUT2D eigenvalue weighted by Gasteiger charge is -2.30. The third-order valence-corrected chi connectivity index (χ3v) is 3.27. The van der Waals surface area contributed by atoms with Crippen LogP contribution in [-0.2, 0) is 9.53 Å². The van der Waals surface area contributed by atoms with Crippen molar-refractivity contribution in [3.8, 4) is 0 Å². The van der Waals surface area contributed by atoms with Crippen LogP contribution in [0, 0.1) is 5.41 Å². The standard InChI is InChI=1S/C15H26F3NO4/c1-5-7-14(11(20)21,8-6-9-15(16,17)18)10-19-12(22)23-13(2,3)4/h5-10H2,1-4H3,(H,19,22)(H,20,21). The van der Waals surface area contributed by atoms with Crippen molar-refractivity contribution in [3.63, 3.8) is 0 Å². The maximum atomic E-state index is 12.3. The molecule has 0 aliphatic heterocycles. The highest BCUT2D eigenvalue weighted by Crippen LogP contribution is 2.33. The van der Waals surface area contributed by atoms with E-state index in [1.807, 2.05) is 0 Å². The fourth-order valence-corrected chi connectivity index (χ4v) is 2.25. The van der Waals surface area contributed by atoms with Crippen molar-refractivity contribution in [2.24, 2.45) is 5.41 Å². The Hall–Kier alpha value is -1.47. The van der Waals surface area contributed by atoms with E-state index < -0.39 is 35.7 Å². The molecule has 2 N–H and O–H groups in total. The van der Waals surface area contributed by atoms with Crippen LogP contribution < -0.4 is 5.32 Å². The van der Waals surface area contributed by atoms with E-state index in [0.29, 0.717) is 6.42 Å². The van der Waals surface area contributed by atoms with Gasteiger partial charge in [-0.25, -0.2) is 4.79 Å². The minimum absolute atomic E-state index is 0.161. The largest absolute Gasteiger partial charge is 0.481 e. The highest BCUT2D eigenvalue weighted by molar-refractivity contribution is 5.76. The van der Waals surface area contributed by atoms with E-state index in [-0.39, 0.29) is 25.8 Å². The molecule has 0 heterocycles. The van der Waals surface area contributed by atoms with Gasteiger partial charge in [-0.2, -0.15) is 13.2 Å². The first-order chi connectivity index (χ1) is 10.3. The maximum Gasteiger partial charge on any atom is 0.407 e. The smallest absolute Gasteiger partial charge is 0.407 e. The second-order valence-corrected chi connectivity index (χ2v) is 6.66. The summed E-state index contributed by atoms with van der Waals surface area (Å²) in [6.45, 7) is 6.46. The van der Waals surface area contributed by atoms with Crippen LogP contribution in [0.3, 0.4) is 0 Å². The van der Waals surface area contributed by atoms with Crippen molar-refractivity contribution < 1.29 is 32.6 Å². The van der Waals surface area contributed by atoms with E-state index in [1.165, 1.54) is 0 Å². The van der Waals surface area contributed by atoms with Crippen LogP contribution in [0.25, 0.3) is 0 Å². The van der Waals surface area contributed by atoms with Crippen LogP contribution in [0.2, 0.25) is 0 Å². The molecule has 0 spiro atoms. The Kier molecular flexibility index (Phi) is 7.86. The molecule has 1 unspecified atom stereocenters. The van der Waals surface area contributed by atoms with Gasteiger partial charge in [0.1, 0.15) is 5.60 Å². The molecule has 1 amide bonds. The van der Waals surface area contributed by atoms with E-state index in [4.69, 9.17) is 4.74 Å². The Bertz CT molecular complexity index is 405. The molecule has 1 atom stereocenters. The fraction of sp³-hybridized carbons (Fsp3) is 0.867. The maximum absolute atomic E-state index is 12.3. The molecule has 0 aliphatic rings. The number of hydrogen-bond donors (Lipinski definition) is 2. The van der Waals surface area contributed by atoms with E-state index in [0.717, 1.165) is 0 Å². The third kappa shape index (κ3) is 9.30. The molecule has 0 radical (unpaired) electrons. The zero-order chi connectivity index (χ0) is 18.3. The summed E-state index contributed by atoms with van der Waals surface area (Å²) < 4.78 is 41.9. The summed E-state index contributed by atoms with van der Waals surface area (Å²) in [4.78, 5) is 23.3. The van der Waals surface area contributed by atoms with Crippen LogP contribution >= 0.6 is 0 Å². The van der Waals surface area contributed by atoms with Gasteiger partial charge in [-0.05, 0) is 40.0 Å². The van der Waals surface area contributed by atoms with Crippen LogP contribution in [0.15, 0.2) is 0 Å². The van der Waals surface area contributed by atoms with Crippen molar-refractivity contribution in [2.45, 2.75) is 71.6 Å². The Balaban J connectivity index is 4.85. The molecule has 0 rings (SSSR count). The number of alkyl halides is 3. The van der Waals surface area contributed by atoms with E-state index in [9.17, 15) is 27.9 Å². The number of ether oxygens (including phenoxy) is 1. The molecule has 0 aliphatic carbocycles. The van der Waals surface area contributed by atoms with Crippen molar-refractivity contribution in [1.29, 1.82) is 0 Å². The van der Waals surface area contributed by atoms with E-state index in [2.05, 4.69) is 5.32 Å². The van der Waals surface area contributed by atoms with Gasteiger partial charge in [0, 0.05) is 13.0 Å². The first-order valence-electron chi connectivity index (χ1n) is 7.58. The van der Waals surface area contributed by atoms with Gasteiger partial charge < -0.3 is 15.2 Å². The van der Waals surface area contributed by atoms with Gasteiger partial charge in [-0.15, -0.1) is 0 Å². The molecular weight excluding hydrogens is 315 g/mol. The second-order valence-electron chi connectivity index (χ2n) is 6.66. The van der Waals surface area contributed by atoms with Crippen molar-refractivity contribution in [2.75, 3.05) is 6.54 Å². The monoisotopic (exact) mass is 341 g/mol. The van der Waals surface area contributed by atoms with Gasteiger partial charge in [-0.3, -0.25) is 4.79 Å². The molecule has 0 fully saturated rings. The SMILES string of the molecule is CCCC(CCCC(F)(F)F)(CNC(=O)OC(C)(C)C)C(=O)O. The van der Waals surface area contributed by atoms with Crippen molar-refractivity contribution in [3.05, 3.63) is 0 Å². The van der Waals surface area contributed by atoms with Crippen LogP contribution in [0.1, 0.15) is 59.8 Å². The molecule has 0 aromatic carbocycles. The molecule has 5 nitrogen and oxygen atoms in total. The second kappa shape index (κ2) is 8.40. The Morgan fingerprint density at radius 3 is 2.04 bits per heavy atom. The third-order valence-electron chi connectivity index (χ3n) is 3.27. The topological polar surface area (TPSA) is 75.6 Å². The molecule has 23 heavy (non-hydrogen) atoms. The van der Waals surface area contributed by atoms with E-state index >= 15 is 0 Å². The highest BCUT2D eigenvalue weighted by atomic mass is 19.4. The number of rotatable bonds is 8. The zero-order valence-corrected chi connectivity index (χ0v) is 14.0. The summed E-state index contributed by atoms with van der Waals surface area (Å²) in [5.41, 5.74) is -2.16. The highest BCUT2D eigenvalue weighted by Gasteiger charge is 2.39. The molecule has 0 saturated heterocycles. The van der Waals surface area contributed by atoms with Gasteiger partial charge in [0.15, 0.2) is 0 Å². The molecule has 0 aromatic heterocycles. The molecule has 8 heteroatoms. The summed E-state index contributed by atoms with van der Waals surface area (Å²) in [6.07, 6.45) is -5.95. The fourth-order valence-electron chi connectivity index (χ4n) is 2.25. The van der Waals surface area contributed by atoms with Gasteiger partial charge in [0.2, 0.25) is 0 Å². The van der Waals surface area contributed by atoms with Gasteiger partial charge in [-0.1, -0.05) is 13.3 Å². The van der Waals surface area contributed by atoms with Crippen LogP contribution in [0.4, 0.5) is 18.0 Å². The minimum Gasteiger partial charge on any atom is -0.481 e. The number of aliphatic carboxylic acids is 1. The predicted octanol–water partition coefficient (Wildman–Crippen LogP) is 4.11. The Labute approximate surface area is 134 Å². The van der Waals surface area contributed by atoms with Crippen LogP contribution in [0.5, 0.6) is 0 Å². The molecular formula is C15H26F3NO4. The van der Waals surface area contributed by atoms with E-state index in [1.54, 1.807) is 27.7 Å². The number of carbonyl (C=O) groups excluding carboxylic acids is 1. The van der Waals surface area contributed by atoms with Gasteiger partial charge in [0.05, 0.1) is 5.41 Å². The Morgan fingerprint density at radius 1 is 1.09 bits per heavy atom. The number of carbonyl (C=O) groups is 2. The molecule has 136 valence electrons. The summed E-state index contributed by atoms with van der Waals surface area (Å²) in [5, 5.41) is 11.8. The molecule has 0 aromatic rings. The first kappa shape index (κ1) is 21.5. The number of carboxylic acid groups (broad SMARTS) is 1. The average Bonchev–Trinajstić information content (AvgIpc) is 2.32. The number of halogens is 3. The number of hydrogen-bond acceptors (Lipinski definition) is 3. The number of nitrogens with one attached hydrogen (secondary N) is 1. The quantitative estimate of drug-likeness (QED) is 0.696. The van der Waals surface area contributed by atoms with Crippen molar-refractivity contribution >= 4 is 12.1 Å². The predicted molar refractivity (Wildman–Crippen MR) is 79.1 cm³/mol. The van der Waals surface area contributed by atoms with Gasteiger partial charge in [0.25, 0.3) is 0 Å². The summed E-state index contributed by atoms with van der Waals surface area (Å²) >= 11 is 0. The molecule has 0 saturated carbocycles. The zero-order valence-electron chi connectivity index (χ0n) is 14.0. The summed E-state index contributed by atoms with van der Waals surface area (Å²) in [5.74, 6) is -1.21. The lowest BCUT2D eigenvalue weighted by molar-refractivity contribution is -0.153. The number of amides is 1. The average molecular weight is 341 g/mol. The molecule has 0 bridgehead atoms. The summed E-state index contributed by atoms with van der Waals surface area (Å²) in [7, 11) is 0. The minimum atomic E-state index is -4.32. The Morgan fingerprint density at radius 2 is 1.65 bits per heavy atom. The van der Waals surface area contributed by atoms with Gasteiger partial charge >= 0.3 is 18.2 Å². The summed E-state index contributed by atoms with van der Waals surface area (Å²) in [6, 6.07) is 0.